The van der Waals surface area contributed by atoms with Gasteiger partial charge < -0.3 is 18.4 Å². The van der Waals surface area contributed by atoms with Crippen LogP contribution in [0.15, 0.2) is 72.8 Å². The lowest BCUT2D eigenvalue weighted by atomic mass is 9.98. The molecule has 214 valence electrons. The highest BCUT2D eigenvalue weighted by atomic mass is 16.5. The van der Waals surface area contributed by atoms with E-state index in [9.17, 15) is 9.59 Å². The summed E-state index contributed by atoms with van der Waals surface area (Å²) in [4.78, 5) is 25.7. The van der Waals surface area contributed by atoms with E-state index in [4.69, 9.17) is 9.47 Å². The molecule has 0 unspecified atom stereocenters. The second-order valence-corrected chi connectivity index (χ2v) is 11.6. The molecule has 6 nitrogen and oxygen atoms in total. The molecule has 0 saturated carbocycles. The van der Waals surface area contributed by atoms with Crippen LogP contribution in [0.2, 0.25) is 0 Å². The maximum absolute atomic E-state index is 12.8. The van der Waals surface area contributed by atoms with E-state index in [2.05, 4.69) is 52.5 Å². The Kier molecular flexibility index (Phi) is 11.3. The molecule has 0 aliphatic rings. The second kappa shape index (κ2) is 14.5. The summed E-state index contributed by atoms with van der Waals surface area (Å²) in [7, 11) is 8.24. The lowest BCUT2D eigenvalue weighted by Crippen LogP contribution is -2.46. The Morgan fingerprint density at radius 3 is 1.07 bits per heavy atom. The molecule has 6 heteroatoms. The number of likely N-dealkylation sites (N-methyl/N-ethyl adjacent to an activating group) is 2. The maximum Gasteiger partial charge on any atom is 0.216 e. The number of hydrogen-bond donors (Lipinski definition) is 0. The first-order valence-electron chi connectivity index (χ1n) is 14.2. The highest BCUT2D eigenvalue weighted by Crippen LogP contribution is 2.26. The van der Waals surface area contributed by atoms with E-state index in [1.54, 1.807) is 0 Å². The standard InChI is InChI=1S/C34H46N2O4/c1-7-39-23-21-35(3,4)25-33(37)31-17-13-29(14-18-31)27-9-11-28(12-10-27)30-15-19-32(20-16-30)34(38)26-36(5,6)22-24-40-8-2/h9-20H,7-8,21-26H2,1-6H3/q+2. The van der Waals surface area contributed by atoms with E-state index in [-0.39, 0.29) is 11.6 Å². The number of carbonyl (C=O) groups excluding carboxylic acids is 2. The summed E-state index contributed by atoms with van der Waals surface area (Å²) >= 11 is 0. The van der Waals surface area contributed by atoms with Crippen molar-refractivity contribution in [3.8, 4) is 22.3 Å². The summed E-state index contributed by atoms with van der Waals surface area (Å²) in [6.07, 6.45) is 0. The van der Waals surface area contributed by atoms with Gasteiger partial charge in [-0.1, -0.05) is 72.8 Å². The van der Waals surface area contributed by atoms with Gasteiger partial charge in [0, 0.05) is 24.3 Å². The van der Waals surface area contributed by atoms with Gasteiger partial charge in [-0.15, -0.1) is 0 Å². The third kappa shape index (κ3) is 9.49. The Hall–Kier alpha value is -3.16. The number of ether oxygens (including phenoxy) is 2. The van der Waals surface area contributed by atoms with Gasteiger partial charge in [0.15, 0.2) is 0 Å². The third-order valence-corrected chi connectivity index (χ3v) is 7.20. The Labute approximate surface area is 240 Å². The first-order chi connectivity index (χ1) is 19.0. The van der Waals surface area contributed by atoms with Gasteiger partial charge in [-0.2, -0.15) is 0 Å². The Balaban J connectivity index is 1.60. The van der Waals surface area contributed by atoms with Crippen LogP contribution in [0.1, 0.15) is 34.6 Å². The van der Waals surface area contributed by atoms with Crippen molar-refractivity contribution in [2.45, 2.75) is 13.8 Å². The molecule has 3 aromatic carbocycles. The number of benzene rings is 3. The first kappa shape index (κ1) is 31.4. The highest BCUT2D eigenvalue weighted by Gasteiger charge is 2.22. The zero-order chi connectivity index (χ0) is 29.2. The van der Waals surface area contributed by atoms with E-state index in [0.29, 0.717) is 48.5 Å². The molecule has 0 aliphatic carbocycles. The zero-order valence-corrected chi connectivity index (χ0v) is 25.1. The minimum Gasteiger partial charge on any atom is -0.376 e. The molecular weight excluding hydrogens is 500 g/mol. The van der Waals surface area contributed by atoms with Gasteiger partial charge in [0.25, 0.3) is 0 Å². The molecule has 0 spiro atoms. The predicted molar refractivity (Wildman–Crippen MR) is 163 cm³/mol. The molecule has 3 aromatic rings. The lowest BCUT2D eigenvalue weighted by Gasteiger charge is -2.28. The summed E-state index contributed by atoms with van der Waals surface area (Å²) in [5.74, 6) is 0.275. The minimum absolute atomic E-state index is 0.137. The van der Waals surface area contributed by atoms with Gasteiger partial charge in [-0.3, -0.25) is 9.59 Å². The summed E-state index contributed by atoms with van der Waals surface area (Å²) in [5.41, 5.74) is 5.78. The Bertz CT molecular complexity index is 1130. The number of Topliss-reactive ketones (excluding diaryl/α,β-unsaturated/α-hetero) is 2. The van der Waals surface area contributed by atoms with Crippen LogP contribution in [-0.4, -0.2) is 101 Å². The zero-order valence-electron chi connectivity index (χ0n) is 25.1. The SMILES string of the molecule is CCOCC[N+](C)(C)CC(=O)c1ccc(-c2ccc(-c3ccc(C(=O)C[N+](C)(C)CCOCC)cc3)cc2)cc1. The molecule has 0 fully saturated rings. The summed E-state index contributed by atoms with van der Waals surface area (Å²) in [6.45, 7) is 9.14. The Morgan fingerprint density at radius 2 is 0.800 bits per heavy atom. The normalized spacial score (nSPS) is 11.9. The third-order valence-electron chi connectivity index (χ3n) is 7.20. The van der Waals surface area contributed by atoms with Gasteiger partial charge in [-0.25, -0.2) is 0 Å². The van der Waals surface area contributed by atoms with Crippen molar-refractivity contribution in [1.82, 2.24) is 0 Å². The average Bonchev–Trinajstić information content (AvgIpc) is 2.93. The van der Waals surface area contributed by atoms with Gasteiger partial charge in [0.05, 0.1) is 41.4 Å². The molecule has 0 aliphatic heterocycles. The van der Waals surface area contributed by atoms with Crippen LogP contribution >= 0.6 is 0 Å². The van der Waals surface area contributed by atoms with Crippen LogP contribution in [0.25, 0.3) is 22.3 Å². The summed E-state index contributed by atoms with van der Waals surface area (Å²) in [5, 5.41) is 0. The topological polar surface area (TPSA) is 52.6 Å². The van der Waals surface area contributed by atoms with E-state index in [1.165, 1.54) is 0 Å². The fraction of sp³-hybridized carbons (Fsp3) is 0.412. The van der Waals surface area contributed by atoms with E-state index < -0.39 is 0 Å². The predicted octanol–water partition coefficient (Wildman–Crippen LogP) is 5.61. The van der Waals surface area contributed by atoms with Gasteiger partial charge in [0.2, 0.25) is 11.6 Å². The first-order valence-corrected chi connectivity index (χ1v) is 14.2. The Morgan fingerprint density at radius 1 is 0.525 bits per heavy atom. The number of nitrogens with zero attached hydrogens (tertiary/aromatic N) is 2. The van der Waals surface area contributed by atoms with E-state index >= 15 is 0 Å². The molecule has 3 rings (SSSR count). The van der Waals surface area contributed by atoms with Crippen LogP contribution in [0, 0.1) is 0 Å². The van der Waals surface area contributed by atoms with Crippen molar-refractivity contribution in [2.75, 3.05) is 80.8 Å². The molecule has 0 radical (unpaired) electrons. The lowest BCUT2D eigenvalue weighted by molar-refractivity contribution is -0.882. The molecule has 0 bridgehead atoms. The van der Waals surface area contributed by atoms with Crippen molar-refractivity contribution in [1.29, 1.82) is 0 Å². The maximum atomic E-state index is 12.8. The van der Waals surface area contributed by atoms with Crippen molar-refractivity contribution in [2.24, 2.45) is 0 Å². The van der Waals surface area contributed by atoms with Crippen molar-refractivity contribution >= 4 is 11.6 Å². The van der Waals surface area contributed by atoms with E-state index in [0.717, 1.165) is 46.5 Å². The van der Waals surface area contributed by atoms with Crippen LogP contribution in [-0.2, 0) is 9.47 Å². The largest absolute Gasteiger partial charge is 0.376 e. The van der Waals surface area contributed by atoms with Gasteiger partial charge in [0.1, 0.15) is 26.2 Å². The van der Waals surface area contributed by atoms with Gasteiger partial charge >= 0.3 is 0 Å². The second-order valence-electron chi connectivity index (χ2n) is 11.6. The van der Waals surface area contributed by atoms with Crippen molar-refractivity contribution < 1.29 is 28.0 Å². The molecule has 0 heterocycles. The van der Waals surface area contributed by atoms with Crippen LogP contribution in [0.5, 0.6) is 0 Å². The van der Waals surface area contributed by atoms with Gasteiger partial charge in [-0.05, 0) is 36.1 Å². The average molecular weight is 547 g/mol. The van der Waals surface area contributed by atoms with Crippen LogP contribution < -0.4 is 0 Å². The van der Waals surface area contributed by atoms with Crippen LogP contribution in [0.3, 0.4) is 0 Å². The molecular formula is C34H46N2O4+2. The number of quaternary nitrogens is 2. The fourth-order valence-corrected chi connectivity index (χ4v) is 4.58. The van der Waals surface area contributed by atoms with E-state index in [1.807, 2.05) is 62.4 Å². The summed E-state index contributed by atoms with van der Waals surface area (Å²) < 4.78 is 12.1. The number of hydrogen-bond acceptors (Lipinski definition) is 4. The van der Waals surface area contributed by atoms with Crippen LogP contribution in [0.4, 0.5) is 0 Å². The molecule has 0 aromatic heterocycles. The fourth-order valence-electron chi connectivity index (χ4n) is 4.58. The number of rotatable bonds is 16. The summed E-state index contributed by atoms with van der Waals surface area (Å²) in [6, 6.07) is 24.1. The number of carbonyl (C=O) groups is 2. The van der Waals surface area contributed by atoms with Crippen molar-refractivity contribution in [3.63, 3.8) is 0 Å². The molecule has 0 amide bonds. The number of ketones is 2. The minimum atomic E-state index is 0.137. The quantitative estimate of drug-likeness (QED) is 0.133. The van der Waals surface area contributed by atoms with Crippen molar-refractivity contribution in [3.05, 3.63) is 83.9 Å². The monoisotopic (exact) mass is 546 g/mol. The highest BCUT2D eigenvalue weighted by molar-refractivity contribution is 5.98. The molecule has 40 heavy (non-hydrogen) atoms. The smallest absolute Gasteiger partial charge is 0.216 e. The molecule has 0 N–H and O–H groups in total. The molecule has 0 saturated heterocycles. The molecule has 0 atom stereocenters.